The number of phosphoric ester groups is 1. The molecular weight excluding hydrogens is 1160 g/mol. The predicted molar refractivity (Wildman–Crippen MR) is 396 cm³/mol. The summed E-state index contributed by atoms with van der Waals surface area (Å²) in [4.78, 5) is 38.1. The van der Waals surface area contributed by atoms with Crippen LogP contribution in [0.3, 0.4) is 0 Å². The minimum Gasteiger partial charge on any atom is -0.756 e. The van der Waals surface area contributed by atoms with E-state index >= 15 is 0 Å². The molecule has 0 saturated carbocycles. The molecular formula is C82H136NO8P. The van der Waals surface area contributed by atoms with E-state index in [-0.39, 0.29) is 32.0 Å². The van der Waals surface area contributed by atoms with Gasteiger partial charge >= 0.3 is 11.9 Å². The van der Waals surface area contributed by atoms with Crippen molar-refractivity contribution in [2.24, 2.45) is 0 Å². The highest BCUT2D eigenvalue weighted by atomic mass is 31.2. The number of hydrogen-bond donors (Lipinski definition) is 0. The van der Waals surface area contributed by atoms with Crippen molar-refractivity contribution in [3.63, 3.8) is 0 Å². The first-order chi connectivity index (χ1) is 45.0. The molecule has 0 spiro atoms. The minimum atomic E-state index is -4.66. The molecule has 2 unspecified atom stereocenters. The van der Waals surface area contributed by atoms with Crippen LogP contribution in [-0.4, -0.2) is 70.0 Å². The number of esters is 2. The smallest absolute Gasteiger partial charge is 0.306 e. The van der Waals surface area contributed by atoms with Crippen LogP contribution in [-0.2, 0) is 32.7 Å². The molecule has 522 valence electrons. The Bertz CT molecular complexity index is 2160. The van der Waals surface area contributed by atoms with Gasteiger partial charge in [-0.3, -0.25) is 14.2 Å². The zero-order valence-electron chi connectivity index (χ0n) is 59.4. The predicted octanol–water partition coefficient (Wildman–Crippen LogP) is 23.9. The van der Waals surface area contributed by atoms with Gasteiger partial charge in [0.1, 0.15) is 19.8 Å². The maximum atomic E-state index is 12.9. The zero-order chi connectivity index (χ0) is 66.9. The third kappa shape index (κ3) is 74.4. The van der Waals surface area contributed by atoms with Crippen molar-refractivity contribution >= 4 is 19.8 Å². The molecule has 2 atom stereocenters. The minimum absolute atomic E-state index is 0.0389. The van der Waals surface area contributed by atoms with Crippen LogP contribution in [0.25, 0.3) is 0 Å². The lowest BCUT2D eigenvalue weighted by molar-refractivity contribution is -0.870. The van der Waals surface area contributed by atoms with Gasteiger partial charge < -0.3 is 27.9 Å². The van der Waals surface area contributed by atoms with Gasteiger partial charge in [-0.15, -0.1) is 0 Å². The Morgan fingerprint density at radius 3 is 0.870 bits per heavy atom. The summed E-state index contributed by atoms with van der Waals surface area (Å²) in [6, 6.07) is 0. The Labute approximate surface area is 566 Å². The number of rotatable bonds is 66. The number of quaternary nitrogens is 1. The Balaban J connectivity index is 4.08. The van der Waals surface area contributed by atoms with Crippen LogP contribution in [0.1, 0.15) is 284 Å². The van der Waals surface area contributed by atoms with E-state index in [9.17, 15) is 19.0 Å². The first-order valence-corrected chi connectivity index (χ1v) is 38.3. The fourth-order valence-electron chi connectivity index (χ4n) is 9.68. The number of unbranched alkanes of at least 4 members (excludes halogenated alkanes) is 24. The molecule has 0 aromatic carbocycles. The Kier molecular flexibility index (Phi) is 67.1. The average Bonchev–Trinajstić information content (AvgIpc) is 2.14. The fraction of sp³-hybridized carbons (Fsp3) is 0.634. The first kappa shape index (κ1) is 87.4. The molecule has 0 aliphatic rings. The number of likely N-dealkylation sites (N-methyl/N-ethyl adjacent to an activating group) is 1. The summed E-state index contributed by atoms with van der Waals surface area (Å²) in [6.07, 6.45) is 107. The summed E-state index contributed by atoms with van der Waals surface area (Å²) in [5.74, 6) is -0.842. The van der Waals surface area contributed by atoms with E-state index in [1.165, 1.54) is 116 Å². The van der Waals surface area contributed by atoms with Crippen LogP contribution >= 0.6 is 7.82 Å². The highest BCUT2D eigenvalue weighted by molar-refractivity contribution is 7.45. The highest BCUT2D eigenvalue weighted by Crippen LogP contribution is 2.38. The Morgan fingerprint density at radius 1 is 0.337 bits per heavy atom. The van der Waals surface area contributed by atoms with Gasteiger partial charge in [-0.2, -0.15) is 0 Å². The normalized spacial score (nSPS) is 14.1. The van der Waals surface area contributed by atoms with E-state index < -0.39 is 26.5 Å². The average molecular weight is 1290 g/mol. The van der Waals surface area contributed by atoms with E-state index in [1.807, 2.05) is 21.1 Å². The van der Waals surface area contributed by atoms with Crippen molar-refractivity contribution in [3.8, 4) is 0 Å². The SMILES string of the molecule is CC/C=C\C/C=C\C/C=C\C/C=C\C/C=C\C/C=C\C/C=C\C/C=C\C/C=C\CCCCCCCCCCCCCC(=O)OC(COC(=O)CCCCCCCCCCCCCCC/C=C\C/C=C\C/C=C\C/C=C\C/C=C\CC)COP(=O)([O-])OCC[N+](C)(C)C. The number of nitrogens with zero attached hydrogens (tertiary/aromatic N) is 1. The van der Waals surface area contributed by atoms with Crippen molar-refractivity contribution in [1.82, 2.24) is 0 Å². The topological polar surface area (TPSA) is 111 Å². The van der Waals surface area contributed by atoms with Gasteiger partial charge in [0.2, 0.25) is 0 Å². The molecule has 0 N–H and O–H groups in total. The van der Waals surface area contributed by atoms with Gasteiger partial charge in [0.25, 0.3) is 7.82 Å². The van der Waals surface area contributed by atoms with Crippen LogP contribution in [0.15, 0.2) is 170 Å². The van der Waals surface area contributed by atoms with Gasteiger partial charge in [-0.1, -0.05) is 312 Å². The van der Waals surface area contributed by atoms with Crippen LogP contribution in [0.4, 0.5) is 0 Å². The molecule has 0 saturated heterocycles. The molecule has 0 radical (unpaired) electrons. The maximum Gasteiger partial charge on any atom is 0.306 e. The highest BCUT2D eigenvalue weighted by Gasteiger charge is 2.22. The van der Waals surface area contributed by atoms with Crippen LogP contribution in [0, 0.1) is 0 Å². The van der Waals surface area contributed by atoms with Gasteiger partial charge in [-0.05, 0) is 128 Å². The molecule has 0 rings (SSSR count). The molecule has 9 nitrogen and oxygen atoms in total. The second kappa shape index (κ2) is 70.7. The summed E-state index contributed by atoms with van der Waals surface area (Å²) >= 11 is 0. The number of hydrogen-bond acceptors (Lipinski definition) is 8. The van der Waals surface area contributed by atoms with Crippen molar-refractivity contribution in [2.75, 3.05) is 47.5 Å². The molecule has 0 aliphatic heterocycles. The van der Waals surface area contributed by atoms with Gasteiger partial charge in [0.05, 0.1) is 27.7 Å². The lowest BCUT2D eigenvalue weighted by Crippen LogP contribution is -2.37. The fourth-order valence-corrected chi connectivity index (χ4v) is 10.4. The molecule has 0 aliphatic carbocycles. The van der Waals surface area contributed by atoms with Crippen LogP contribution in [0.5, 0.6) is 0 Å². The van der Waals surface area contributed by atoms with E-state index in [4.69, 9.17) is 18.5 Å². The molecule has 0 bridgehead atoms. The number of carbonyl (C=O) groups excluding carboxylic acids is 2. The van der Waals surface area contributed by atoms with E-state index in [0.717, 1.165) is 135 Å². The van der Waals surface area contributed by atoms with Crippen LogP contribution < -0.4 is 4.89 Å². The molecule has 10 heteroatoms. The van der Waals surface area contributed by atoms with Crippen molar-refractivity contribution < 1.29 is 42.1 Å². The van der Waals surface area contributed by atoms with Gasteiger partial charge in [0, 0.05) is 12.8 Å². The van der Waals surface area contributed by atoms with Gasteiger partial charge in [-0.25, -0.2) is 0 Å². The maximum absolute atomic E-state index is 12.9. The Morgan fingerprint density at radius 2 is 0.587 bits per heavy atom. The Hall–Kier alpha value is -4.63. The zero-order valence-corrected chi connectivity index (χ0v) is 60.3. The molecule has 0 amide bonds. The number of carbonyl (C=O) groups is 2. The van der Waals surface area contributed by atoms with Crippen molar-refractivity contribution in [1.29, 1.82) is 0 Å². The van der Waals surface area contributed by atoms with Crippen molar-refractivity contribution in [2.45, 2.75) is 290 Å². The molecule has 0 aromatic heterocycles. The summed E-state index contributed by atoms with van der Waals surface area (Å²) in [5.41, 5.74) is 0. The van der Waals surface area contributed by atoms with E-state index in [2.05, 4.69) is 184 Å². The number of ether oxygens (including phenoxy) is 2. The second-order valence-corrected chi connectivity index (χ2v) is 26.6. The lowest BCUT2D eigenvalue weighted by Gasteiger charge is -2.28. The standard InChI is InChI=1S/C82H136NO8P/c1-6-8-10-12-14-16-18-20-22-24-26-28-30-32-34-36-37-38-39-40-41-42-43-44-45-47-49-51-53-55-57-59-61-63-65-67-69-71-73-75-82(85)91-80(79-90-92(86,87)89-77-76-83(3,4)5)78-88-81(84)74-72-70-68-66-64-62-60-58-56-54-52-50-48-46-35-33-31-29-27-25-23-21-19-17-15-13-11-9-7-2/h8-11,14-17,20-23,26-29,32-35,37-38,40-41,43-44,47,49,80H,6-7,12-13,18-19,24-25,30-31,36,39,42,45-46,48,50-79H2,1-5H3/b10-8-,11-9-,16-14-,17-15-,22-20-,23-21-,28-26-,29-27-,34-32-,35-33-,38-37-,41-40-,44-43-,49-47-. The first-order valence-electron chi connectivity index (χ1n) is 36.8. The third-order valence-electron chi connectivity index (χ3n) is 15.2. The molecule has 92 heavy (non-hydrogen) atoms. The summed E-state index contributed by atoms with van der Waals surface area (Å²) in [5, 5.41) is 0. The molecule has 0 fully saturated rings. The second-order valence-electron chi connectivity index (χ2n) is 25.2. The van der Waals surface area contributed by atoms with E-state index in [0.29, 0.717) is 17.4 Å². The van der Waals surface area contributed by atoms with E-state index in [1.54, 1.807) is 0 Å². The van der Waals surface area contributed by atoms with Crippen LogP contribution in [0.2, 0.25) is 0 Å². The van der Waals surface area contributed by atoms with Crippen molar-refractivity contribution in [3.05, 3.63) is 170 Å². The summed E-state index contributed by atoms with van der Waals surface area (Å²) < 4.78 is 34.3. The molecule has 0 heterocycles. The summed E-state index contributed by atoms with van der Waals surface area (Å²) in [7, 11) is 1.15. The quantitative estimate of drug-likeness (QED) is 0.0195. The lowest BCUT2D eigenvalue weighted by atomic mass is 10.0. The monoisotopic (exact) mass is 1290 g/mol. The third-order valence-corrected chi connectivity index (χ3v) is 16.2. The number of phosphoric acid groups is 1. The van der Waals surface area contributed by atoms with Gasteiger partial charge in [0.15, 0.2) is 6.10 Å². The molecule has 0 aromatic rings. The largest absolute Gasteiger partial charge is 0.756 e. The summed E-state index contributed by atoms with van der Waals surface area (Å²) in [6.45, 7) is 4.01. The number of allylic oxidation sites excluding steroid dienone is 28.